The topological polar surface area (TPSA) is 79.6 Å². The fourth-order valence-corrected chi connectivity index (χ4v) is 5.67. The van der Waals surface area contributed by atoms with Gasteiger partial charge in [-0.15, -0.1) is 0 Å². The molecular formula is C17H16F3IN2O4S. The molecule has 152 valence electrons. The summed E-state index contributed by atoms with van der Waals surface area (Å²) >= 11 is 2.01. The zero-order chi connectivity index (χ0) is 20.5. The Labute approximate surface area is 173 Å². The molecule has 1 aromatic carbocycles. The van der Waals surface area contributed by atoms with Gasteiger partial charge >= 0.3 is 6.18 Å². The third kappa shape index (κ3) is 4.51. The minimum atomic E-state index is -4.78. The highest BCUT2D eigenvalue weighted by Gasteiger charge is 2.39. The van der Waals surface area contributed by atoms with Crippen LogP contribution in [-0.2, 0) is 16.2 Å². The molecule has 1 amide bonds. The standard InChI is InChI=1S/C17H16F3IN2O4S/c18-17(19,20)12-4-1-2-6-14(12)28(25,26)22-11-7-8-23(15(21)10-11)16(24)13-5-3-9-27-13/h1-6,9,11,15,22H,7-8,10H2. The molecule has 1 N–H and O–H groups in total. The van der Waals surface area contributed by atoms with Crippen LogP contribution in [-0.4, -0.2) is 35.9 Å². The summed E-state index contributed by atoms with van der Waals surface area (Å²) in [5.41, 5.74) is -1.21. The van der Waals surface area contributed by atoms with E-state index in [1.807, 2.05) is 22.6 Å². The summed E-state index contributed by atoms with van der Waals surface area (Å²) < 4.78 is 71.7. The van der Waals surface area contributed by atoms with Crippen LogP contribution in [0.5, 0.6) is 0 Å². The number of rotatable bonds is 4. The third-order valence-corrected chi connectivity index (χ3v) is 7.09. The van der Waals surface area contributed by atoms with Crippen molar-refractivity contribution < 1.29 is 30.8 Å². The second kappa shape index (κ2) is 8.03. The van der Waals surface area contributed by atoms with Gasteiger partial charge in [0.15, 0.2) is 5.76 Å². The number of nitrogens with one attached hydrogen (secondary N) is 1. The monoisotopic (exact) mass is 528 g/mol. The van der Waals surface area contributed by atoms with E-state index < -0.39 is 32.7 Å². The van der Waals surface area contributed by atoms with Gasteiger partial charge in [0.25, 0.3) is 5.91 Å². The van der Waals surface area contributed by atoms with Crippen molar-refractivity contribution in [1.82, 2.24) is 9.62 Å². The molecule has 1 saturated heterocycles. The Bertz CT molecular complexity index is 948. The molecule has 0 radical (unpaired) electrons. The molecule has 2 unspecified atom stereocenters. The average Bonchev–Trinajstić information content (AvgIpc) is 3.15. The van der Waals surface area contributed by atoms with Crippen LogP contribution in [0.25, 0.3) is 0 Å². The van der Waals surface area contributed by atoms with Crippen molar-refractivity contribution in [3.63, 3.8) is 0 Å². The van der Waals surface area contributed by atoms with Gasteiger partial charge in [-0.05, 0) is 37.1 Å². The average molecular weight is 528 g/mol. The second-order valence-corrected chi connectivity index (χ2v) is 9.37. The molecule has 1 fully saturated rings. The normalized spacial score (nSPS) is 20.9. The summed E-state index contributed by atoms with van der Waals surface area (Å²) in [6.07, 6.45) is -2.86. The molecule has 1 aliphatic rings. The molecule has 28 heavy (non-hydrogen) atoms. The number of benzene rings is 1. The first-order valence-electron chi connectivity index (χ1n) is 8.26. The molecule has 0 bridgehead atoms. The van der Waals surface area contributed by atoms with Crippen LogP contribution < -0.4 is 4.72 Å². The molecule has 11 heteroatoms. The number of carbonyl (C=O) groups is 1. The van der Waals surface area contributed by atoms with Gasteiger partial charge in [0.05, 0.1) is 20.8 Å². The highest BCUT2D eigenvalue weighted by molar-refractivity contribution is 14.1. The van der Waals surface area contributed by atoms with Gasteiger partial charge in [0.2, 0.25) is 10.0 Å². The first kappa shape index (κ1) is 21.1. The number of hydrogen-bond donors (Lipinski definition) is 1. The zero-order valence-electron chi connectivity index (χ0n) is 14.3. The summed E-state index contributed by atoms with van der Waals surface area (Å²) in [5.74, 6) is -0.132. The molecule has 0 saturated carbocycles. The maximum Gasteiger partial charge on any atom is 0.417 e. The van der Waals surface area contributed by atoms with E-state index >= 15 is 0 Å². The predicted molar refractivity (Wildman–Crippen MR) is 102 cm³/mol. The van der Waals surface area contributed by atoms with Crippen molar-refractivity contribution in [3.05, 3.63) is 54.0 Å². The fourth-order valence-electron chi connectivity index (χ4n) is 3.01. The van der Waals surface area contributed by atoms with Crippen molar-refractivity contribution in [2.75, 3.05) is 6.54 Å². The number of piperidine rings is 1. The lowest BCUT2D eigenvalue weighted by Gasteiger charge is -2.36. The van der Waals surface area contributed by atoms with E-state index in [0.29, 0.717) is 0 Å². The number of hydrogen-bond acceptors (Lipinski definition) is 4. The van der Waals surface area contributed by atoms with E-state index in [1.54, 1.807) is 11.0 Å². The number of nitrogens with zero attached hydrogens (tertiary/aromatic N) is 1. The number of likely N-dealkylation sites (tertiary alicyclic amines) is 1. The Morgan fingerprint density at radius 3 is 2.54 bits per heavy atom. The van der Waals surface area contributed by atoms with Crippen LogP contribution in [0, 0.1) is 0 Å². The van der Waals surface area contributed by atoms with Crippen LogP contribution >= 0.6 is 22.6 Å². The smallest absolute Gasteiger partial charge is 0.417 e. The van der Waals surface area contributed by atoms with E-state index in [4.69, 9.17) is 4.42 Å². The minimum Gasteiger partial charge on any atom is -0.459 e. The van der Waals surface area contributed by atoms with Crippen LogP contribution in [0.15, 0.2) is 52.0 Å². The van der Waals surface area contributed by atoms with Gasteiger partial charge in [-0.2, -0.15) is 13.2 Å². The van der Waals surface area contributed by atoms with Gasteiger partial charge in [0.1, 0.15) is 0 Å². The molecule has 2 aromatic rings. The lowest BCUT2D eigenvalue weighted by atomic mass is 10.1. The summed E-state index contributed by atoms with van der Waals surface area (Å²) in [4.78, 5) is 13.1. The molecule has 1 aliphatic heterocycles. The lowest BCUT2D eigenvalue weighted by Crippen LogP contribution is -2.49. The van der Waals surface area contributed by atoms with E-state index in [1.165, 1.54) is 18.4 Å². The van der Waals surface area contributed by atoms with E-state index in [9.17, 15) is 26.4 Å². The molecule has 1 aromatic heterocycles. The van der Waals surface area contributed by atoms with Gasteiger partial charge in [-0.3, -0.25) is 4.79 Å². The Morgan fingerprint density at radius 1 is 1.21 bits per heavy atom. The van der Waals surface area contributed by atoms with Gasteiger partial charge in [-0.1, -0.05) is 34.7 Å². The quantitative estimate of drug-likeness (QED) is 0.374. The summed E-state index contributed by atoms with van der Waals surface area (Å²) in [7, 11) is -4.37. The van der Waals surface area contributed by atoms with Crippen molar-refractivity contribution in [1.29, 1.82) is 0 Å². The van der Waals surface area contributed by atoms with Crippen molar-refractivity contribution in [3.8, 4) is 0 Å². The van der Waals surface area contributed by atoms with Gasteiger partial charge in [0, 0.05) is 12.6 Å². The Morgan fingerprint density at radius 2 is 1.93 bits per heavy atom. The highest BCUT2D eigenvalue weighted by atomic mass is 127. The van der Waals surface area contributed by atoms with Crippen molar-refractivity contribution >= 4 is 38.5 Å². The molecule has 2 heterocycles. The largest absolute Gasteiger partial charge is 0.459 e. The molecule has 0 spiro atoms. The van der Waals surface area contributed by atoms with Crippen molar-refractivity contribution in [2.24, 2.45) is 0 Å². The number of sulfonamides is 1. The van der Waals surface area contributed by atoms with Crippen LogP contribution in [0.4, 0.5) is 13.2 Å². The van der Waals surface area contributed by atoms with E-state index in [-0.39, 0.29) is 35.1 Å². The second-order valence-electron chi connectivity index (χ2n) is 6.25. The van der Waals surface area contributed by atoms with E-state index in [0.717, 1.165) is 18.2 Å². The van der Waals surface area contributed by atoms with E-state index in [2.05, 4.69) is 4.72 Å². The number of amides is 1. The number of carbonyl (C=O) groups excluding carboxylic acids is 1. The molecule has 6 nitrogen and oxygen atoms in total. The summed E-state index contributed by atoms with van der Waals surface area (Å²) in [6, 6.07) is 6.59. The summed E-state index contributed by atoms with van der Waals surface area (Å²) in [5, 5.41) is 0. The van der Waals surface area contributed by atoms with Crippen LogP contribution in [0.3, 0.4) is 0 Å². The minimum absolute atomic E-state index is 0.180. The molecule has 3 rings (SSSR count). The highest BCUT2D eigenvalue weighted by Crippen LogP contribution is 2.34. The van der Waals surface area contributed by atoms with Gasteiger partial charge < -0.3 is 9.32 Å². The summed E-state index contributed by atoms with van der Waals surface area (Å²) in [6.45, 7) is 0.251. The zero-order valence-corrected chi connectivity index (χ0v) is 17.3. The lowest BCUT2D eigenvalue weighted by molar-refractivity contribution is -0.139. The maximum atomic E-state index is 13.1. The number of alkyl halides is 4. The third-order valence-electron chi connectivity index (χ3n) is 4.33. The maximum absolute atomic E-state index is 13.1. The number of halogens is 4. The van der Waals surface area contributed by atoms with Gasteiger partial charge in [-0.25, -0.2) is 13.1 Å². The van der Waals surface area contributed by atoms with Crippen LogP contribution in [0.2, 0.25) is 0 Å². The first-order valence-corrected chi connectivity index (χ1v) is 11.0. The molecule has 2 atom stereocenters. The van der Waals surface area contributed by atoms with Crippen LogP contribution in [0.1, 0.15) is 29.0 Å². The number of furan rings is 1. The Balaban J connectivity index is 1.73. The van der Waals surface area contributed by atoms with Crippen molar-refractivity contribution in [2.45, 2.75) is 34.0 Å². The first-order chi connectivity index (χ1) is 13.1. The predicted octanol–water partition coefficient (Wildman–Crippen LogP) is 3.64. The molecule has 0 aliphatic carbocycles. The Kier molecular flexibility index (Phi) is 6.05. The molecular weight excluding hydrogens is 512 g/mol. The SMILES string of the molecule is O=C(c1ccco1)N1CCC(NS(=O)(=O)c2ccccc2C(F)(F)F)CC1I. The fraction of sp³-hybridized carbons (Fsp3) is 0.353. The Hall–Kier alpha value is -1.60.